The fourth-order valence-corrected chi connectivity index (χ4v) is 3.21. The third-order valence-corrected chi connectivity index (χ3v) is 4.43. The van der Waals surface area contributed by atoms with Crippen molar-refractivity contribution in [2.45, 2.75) is 13.0 Å². The van der Waals surface area contributed by atoms with E-state index in [2.05, 4.69) is 4.74 Å². The predicted molar refractivity (Wildman–Crippen MR) is 89.0 cm³/mol. The van der Waals surface area contributed by atoms with Gasteiger partial charge in [-0.1, -0.05) is 11.6 Å². The van der Waals surface area contributed by atoms with Crippen molar-refractivity contribution in [3.8, 4) is 11.5 Å². The van der Waals surface area contributed by atoms with Crippen LogP contribution >= 0.6 is 23.4 Å². The van der Waals surface area contributed by atoms with E-state index in [0.29, 0.717) is 11.8 Å². The normalized spacial score (nSPS) is 17.3. The molecule has 0 aliphatic carbocycles. The van der Waals surface area contributed by atoms with Crippen molar-refractivity contribution in [2.24, 2.45) is 0 Å². The van der Waals surface area contributed by atoms with Gasteiger partial charge in [-0.05, 0) is 30.8 Å². The molecule has 0 spiro atoms. The Morgan fingerprint density at radius 2 is 2.04 bits per heavy atom. The van der Waals surface area contributed by atoms with Crippen molar-refractivity contribution < 1.29 is 29.0 Å². The van der Waals surface area contributed by atoms with Crippen LogP contribution in [-0.2, 0) is 14.3 Å². The Hall–Kier alpha value is -2.19. The summed E-state index contributed by atoms with van der Waals surface area (Å²) in [4.78, 5) is 36.8. The monoisotopic (exact) mass is 371 g/mol. The second-order valence-electron chi connectivity index (χ2n) is 4.80. The Kier molecular flexibility index (Phi) is 5.40. The van der Waals surface area contributed by atoms with Gasteiger partial charge in [0.05, 0.1) is 19.1 Å². The van der Waals surface area contributed by atoms with Gasteiger partial charge in [-0.15, -0.1) is 0 Å². The van der Waals surface area contributed by atoms with Crippen LogP contribution in [0.25, 0.3) is 6.08 Å². The highest BCUT2D eigenvalue weighted by Gasteiger charge is 2.41. The summed E-state index contributed by atoms with van der Waals surface area (Å²) in [5, 5.41) is 9.80. The van der Waals surface area contributed by atoms with Gasteiger partial charge in [0.1, 0.15) is 6.04 Å². The van der Waals surface area contributed by atoms with Gasteiger partial charge in [0.2, 0.25) is 0 Å². The Labute approximate surface area is 147 Å². The fraction of sp³-hybridized carbons (Fsp3) is 0.267. The summed E-state index contributed by atoms with van der Waals surface area (Å²) in [5.74, 6) is -1.43. The van der Waals surface area contributed by atoms with Crippen LogP contribution in [0.2, 0.25) is 5.02 Å². The summed E-state index contributed by atoms with van der Waals surface area (Å²) >= 11 is 6.60. The van der Waals surface area contributed by atoms with Gasteiger partial charge in [0.15, 0.2) is 11.5 Å². The zero-order valence-corrected chi connectivity index (χ0v) is 14.6. The molecule has 9 heteroatoms. The number of ether oxygens (including phenoxy) is 2. The smallest absolute Gasteiger partial charge is 0.328 e. The third-order valence-electron chi connectivity index (χ3n) is 3.33. The molecule has 2 rings (SSSR count). The number of amides is 2. The first-order valence-electron chi connectivity index (χ1n) is 6.71. The molecule has 1 unspecified atom stereocenters. The van der Waals surface area contributed by atoms with E-state index >= 15 is 0 Å². The lowest BCUT2D eigenvalue weighted by atomic mass is 10.1. The summed E-state index contributed by atoms with van der Waals surface area (Å²) in [5.41, 5.74) is 0.218. The number of halogens is 1. The number of phenols is 1. The minimum absolute atomic E-state index is 0.0513. The molecular formula is C15H14ClNO6S. The molecule has 24 heavy (non-hydrogen) atoms. The number of methoxy groups -OCH3 is 2. The van der Waals surface area contributed by atoms with E-state index < -0.39 is 23.2 Å². The van der Waals surface area contributed by atoms with Gasteiger partial charge in [-0.3, -0.25) is 14.5 Å². The number of thioether (sulfide) groups is 1. The van der Waals surface area contributed by atoms with E-state index in [4.69, 9.17) is 16.3 Å². The standard InChI is InChI=1S/C15H14ClNO6S/c1-7(14(20)23-3)17-13(19)11(24-15(17)21)5-8-4-9(16)6-10(22-2)12(8)18/h4-7,18H,1-3H3. The minimum atomic E-state index is -1.05. The molecule has 128 valence electrons. The summed E-state index contributed by atoms with van der Waals surface area (Å²) in [6.07, 6.45) is 1.32. The summed E-state index contributed by atoms with van der Waals surface area (Å²) in [6, 6.07) is 1.80. The number of imide groups is 1. The summed E-state index contributed by atoms with van der Waals surface area (Å²) in [6.45, 7) is 1.39. The van der Waals surface area contributed by atoms with Crippen molar-refractivity contribution in [2.75, 3.05) is 14.2 Å². The molecule has 1 fully saturated rings. The second kappa shape index (κ2) is 7.14. The lowest BCUT2D eigenvalue weighted by molar-refractivity contribution is -0.148. The molecule has 1 heterocycles. The van der Waals surface area contributed by atoms with Crippen molar-refractivity contribution >= 4 is 46.6 Å². The third kappa shape index (κ3) is 3.34. The number of esters is 1. The highest BCUT2D eigenvalue weighted by Crippen LogP contribution is 2.39. The molecule has 1 atom stereocenters. The molecule has 1 aliphatic heterocycles. The number of carbonyl (C=O) groups is 3. The average molecular weight is 372 g/mol. The van der Waals surface area contributed by atoms with Crippen molar-refractivity contribution in [3.05, 3.63) is 27.6 Å². The van der Waals surface area contributed by atoms with Gasteiger partial charge in [-0.2, -0.15) is 0 Å². The maximum Gasteiger partial charge on any atom is 0.328 e. The zero-order valence-electron chi connectivity index (χ0n) is 13.0. The SMILES string of the molecule is COC(=O)C(C)N1C(=O)SC(=Cc2cc(Cl)cc(OC)c2O)C1=O. The molecule has 0 bridgehead atoms. The summed E-state index contributed by atoms with van der Waals surface area (Å²) < 4.78 is 9.54. The van der Waals surface area contributed by atoms with Gasteiger partial charge < -0.3 is 14.6 Å². The second-order valence-corrected chi connectivity index (χ2v) is 6.23. The van der Waals surface area contributed by atoms with Crippen molar-refractivity contribution in [3.63, 3.8) is 0 Å². The molecule has 1 aliphatic rings. The number of benzene rings is 1. The Bertz CT molecular complexity index is 748. The highest BCUT2D eigenvalue weighted by molar-refractivity contribution is 8.18. The number of hydrogen-bond acceptors (Lipinski definition) is 7. The van der Waals surface area contributed by atoms with E-state index in [1.54, 1.807) is 0 Å². The fourth-order valence-electron chi connectivity index (χ4n) is 2.09. The Balaban J connectivity index is 2.39. The van der Waals surface area contributed by atoms with Crippen molar-refractivity contribution in [1.29, 1.82) is 0 Å². The van der Waals surface area contributed by atoms with Crippen molar-refractivity contribution in [1.82, 2.24) is 4.90 Å². The molecule has 0 radical (unpaired) electrons. The molecule has 0 aromatic heterocycles. The summed E-state index contributed by atoms with van der Waals surface area (Å²) in [7, 11) is 2.53. The molecule has 1 saturated heterocycles. The largest absolute Gasteiger partial charge is 0.504 e. The number of nitrogens with zero attached hydrogens (tertiary/aromatic N) is 1. The van der Waals surface area contributed by atoms with Crippen LogP contribution in [0.1, 0.15) is 12.5 Å². The quantitative estimate of drug-likeness (QED) is 0.642. The molecule has 1 aromatic carbocycles. The molecular weight excluding hydrogens is 358 g/mol. The van der Waals surface area contributed by atoms with Crippen LogP contribution in [0.3, 0.4) is 0 Å². The van der Waals surface area contributed by atoms with E-state index in [-0.39, 0.29) is 27.0 Å². The van der Waals surface area contributed by atoms with Crippen LogP contribution in [0, 0.1) is 0 Å². The molecule has 7 nitrogen and oxygen atoms in total. The van der Waals surface area contributed by atoms with Gasteiger partial charge >= 0.3 is 5.97 Å². The van der Waals surface area contributed by atoms with E-state index in [0.717, 1.165) is 4.90 Å². The molecule has 1 N–H and O–H groups in total. The van der Waals surface area contributed by atoms with Gasteiger partial charge in [0, 0.05) is 16.7 Å². The van der Waals surface area contributed by atoms with Crippen LogP contribution in [0.5, 0.6) is 11.5 Å². The first-order valence-corrected chi connectivity index (χ1v) is 7.91. The van der Waals surface area contributed by atoms with E-state index in [1.165, 1.54) is 39.4 Å². The zero-order chi connectivity index (χ0) is 18.0. The number of rotatable bonds is 4. The van der Waals surface area contributed by atoms with Crippen LogP contribution in [0.15, 0.2) is 17.0 Å². The minimum Gasteiger partial charge on any atom is -0.504 e. The molecule has 1 aromatic rings. The van der Waals surface area contributed by atoms with Gasteiger partial charge in [0.25, 0.3) is 11.1 Å². The number of aromatic hydroxyl groups is 1. The molecule has 0 saturated carbocycles. The average Bonchev–Trinajstić information content (AvgIpc) is 2.82. The first kappa shape index (κ1) is 18.2. The van der Waals surface area contributed by atoms with E-state index in [1.807, 2.05) is 0 Å². The Morgan fingerprint density at radius 1 is 1.38 bits per heavy atom. The lowest BCUT2D eigenvalue weighted by Gasteiger charge is -2.18. The van der Waals surface area contributed by atoms with Crippen LogP contribution in [0.4, 0.5) is 4.79 Å². The van der Waals surface area contributed by atoms with E-state index in [9.17, 15) is 19.5 Å². The maximum atomic E-state index is 12.4. The highest BCUT2D eigenvalue weighted by atomic mass is 35.5. The van der Waals surface area contributed by atoms with Crippen LogP contribution < -0.4 is 4.74 Å². The van der Waals surface area contributed by atoms with Crippen LogP contribution in [-0.4, -0.2) is 47.4 Å². The number of hydrogen-bond donors (Lipinski definition) is 1. The van der Waals surface area contributed by atoms with Gasteiger partial charge in [-0.25, -0.2) is 4.79 Å². The topological polar surface area (TPSA) is 93.1 Å². The molecule has 2 amide bonds. The Morgan fingerprint density at radius 3 is 2.62 bits per heavy atom. The lowest BCUT2D eigenvalue weighted by Crippen LogP contribution is -2.42. The maximum absolute atomic E-state index is 12.4. The predicted octanol–water partition coefficient (Wildman–Crippen LogP) is 2.65. The number of phenolic OH excluding ortho intramolecular Hbond substituents is 1. The number of carbonyl (C=O) groups excluding carboxylic acids is 3. The first-order chi connectivity index (χ1) is 11.3.